The first-order valence-corrected chi connectivity index (χ1v) is 15.1. The number of aliphatic imine (C=N–C) groups is 1. The number of ether oxygens (including phenoxy) is 1. The highest BCUT2D eigenvalue weighted by molar-refractivity contribution is 7.71. The number of hydrogen-bond acceptors (Lipinski definition) is 4. The van der Waals surface area contributed by atoms with Crippen LogP contribution in [0.5, 0.6) is 0 Å². The van der Waals surface area contributed by atoms with Crippen LogP contribution in [0.1, 0.15) is 29.7 Å². The SMILES string of the molecule is C[C@]1(c2ccc(F)cc2)[C@H](C(=O)OC(c2ccccc2)c2ccccc2)N=CN1P(c1ccccc1)c1ccccc1. The molecule has 4 nitrogen and oxygen atoms in total. The molecule has 0 aromatic heterocycles. The Morgan fingerprint density at radius 2 is 1.19 bits per heavy atom. The van der Waals surface area contributed by atoms with Gasteiger partial charge < -0.3 is 9.41 Å². The molecular weight excluding hydrogens is 542 g/mol. The summed E-state index contributed by atoms with van der Waals surface area (Å²) in [6.45, 7) is 2.00. The van der Waals surface area contributed by atoms with Crippen molar-refractivity contribution in [2.24, 2.45) is 4.99 Å². The fourth-order valence-electron chi connectivity index (χ4n) is 5.45. The van der Waals surface area contributed by atoms with E-state index in [1.165, 1.54) is 12.1 Å². The summed E-state index contributed by atoms with van der Waals surface area (Å²) >= 11 is 0. The molecule has 1 aliphatic rings. The van der Waals surface area contributed by atoms with Crippen LogP contribution in [-0.4, -0.2) is 23.0 Å². The van der Waals surface area contributed by atoms with E-state index in [1.807, 2.05) is 104 Å². The molecule has 0 spiro atoms. The van der Waals surface area contributed by atoms with E-state index >= 15 is 0 Å². The maximum absolute atomic E-state index is 14.3. The molecule has 0 amide bonds. The van der Waals surface area contributed by atoms with Gasteiger partial charge in [-0.3, -0.25) is 4.99 Å². The van der Waals surface area contributed by atoms with Gasteiger partial charge in [-0.2, -0.15) is 0 Å². The number of halogens is 1. The van der Waals surface area contributed by atoms with E-state index in [4.69, 9.17) is 9.73 Å². The molecule has 6 rings (SSSR count). The number of esters is 1. The topological polar surface area (TPSA) is 41.9 Å². The van der Waals surface area contributed by atoms with Crippen molar-refractivity contribution in [1.29, 1.82) is 0 Å². The zero-order valence-electron chi connectivity index (χ0n) is 23.1. The van der Waals surface area contributed by atoms with E-state index < -0.39 is 31.7 Å². The minimum atomic E-state index is -1.15. The fraction of sp³-hybridized carbons (Fsp3) is 0.111. The number of carbonyl (C=O) groups excluding carboxylic acids is 1. The number of rotatable bonds is 8. The van der Waals surface area contributed by atoms with Gasteiger partial charge in [0.15, 0.2) is 12.1 Å². The number of carbonyl (C=O) groups is 1. The molecule has 0 aliphatic carbocycles. The second-order valence-electron chi connectivity index (χ2n) is 10.3. The van der Waals surface area contributed by atoms with Crippen LogP contribution in [0.4, 0.5) is 4.39 Å². The lowest BCUT2D eigenvalue weighted by Gasteiger charge is -2.43. The van der Waals surface area contributed by atoms with Crippen molar-refractivity contribution in [2.75, 3.05) is 0 Å². The lowest BCUT2D eigenvalue weighted by Crippen LogP contribution is -2.49. The predicted octanol–water partition coefficient (Wildman–Crippen LogP) is 7.13. The number of hydrogen-bond donors (Lipinski definition) is 0. The van der Waals surface area contributed by atoms with Crippen LogP contribution in [0.15, 0.2) is 151 Å². The molecule has 5 aromatic rings. The zero-order valence-corrected chi connectivity index (χ0v) is 24.0. The second kappa shape index (κ2) is 12.1. The quantitative estimate of drug-likeness (QED) is 0.147. The normalized spacial score (nSPS) is 18.0. The third kappa shape index (κ3) is 5.36. The van der Waals surface area contributed by atoms with Gasteiger partial charge in [-0.1, -0.05) is 133 Å². The fourth-order valence-corrected chi connectivity index (χ4v) is 7.96. The zero-order chi connectivity index (χ0) is 28.9. The summed E-state index contributed by atoms with van der Waals surface area (Å²) in [5.41, 5.74) is 1.56. The van der Waals surface area contributed by atoms with Gasteiger partial charge in [0.1, 0.15) is 11.4 Å². The van der Waals surface area contributed by atoms with E-state index in [-0.39, 0.29) is 5.82 Å². The second-order valence-corrected chi connectivity index (χ2v) is 12.4. The predicted molar refractivity (Wildman–Crippen MR) is 168 cm³/mol. The van der Waals surface area contributed by atoms with Crippen LogP contribution in [0.2, 0.25) is 0 Å². The molecule has 0 radical (unpaired) electrons. The molecule has 6 heteroatoms. The van der Waals surface area contributed by atoms with Crippen LogP contribution < -0.4 is 10.6 Å². The lowest BCUT2D eigenvalue weighted by atomic mass is 9.85. The Balaban J connectivity index is 1.44. The Morgan fingerprint density at radius 1 is 0.738 bits per heavy atom. The smallest absolute Gasteiger partial charge is 0.334 e. The Bertz CT molecular complexity index is 1570. The Kier molecular flexibility index (Phi) is 7.94. The van der Waals surface area contributed by atoms with E-state index in [1.54, 1.807) is 18.5 Å². The first kappa shape index (κ1) is 27.6. The first-order valence-electron chi connectivity index (χ1n) is 13.8. The summed E-state index contributed by atoms with van der Waals surface area (Å²) in [5, 5.41) is 2.22. The molecular formula is C36H30FN2O2P. The average molecular weight is 573 g/mol. The van der Waals surface area contributed by atoms with Gasteiger partial charge >= 0.3 is 5.97 Å². The van der Waals surface area contributed by atoms with Crippen LogP contribution in [-0.2, 0) is 15.1 Å². The molecule has 1 aliphatic heterocycles. The molecule has 0 saturated heterocycles. The highest BCUT2D eigenvalue weighted by Crippen LogP contribution is 2.51. The number of benzene rings is 5. The van der Waals surface area contributed by atoms with Gasteiger partial charge in [-0.15, -0.1) is 0 Å². The van der Waals surface area contributed by atoms with Gasteiger partial charge in [0.05, 0.1) is 14.4 Å². The van der Waals surface area contributed by atoms with Crippen molar-refractivity contribution in [2.45, 2.75) is 24.6 Å². The Hall–Kier alpha value is -4.60. The summed E-state index contributed by atoms with van der Waals surface area (Å²) in [5.74, 6) is -0.789. The number of nitrogens with zero attached hydrogens (tertiary/aromatic N) is 2. The summed E-state index contributed by atoms with van der Waals surface area (Å²) in [4.78, 5) is 19.1. The molecule has 0 saturated carbocycles. The maximum Gasteiger partial charge on any atom is 0.334 e. The van der Waals surface area contributed by atoms with Gasteiger partial charge in [-0.25, -0.2) is 9.18 Å². The minimum Gasteiger partial charge on any atom is -0.451 e. The standard InChI is InChI=1S/C36H30FN2O2P/c1-36(29-22-24-30(37)25-23-29)34(35(40)41-33(27-14-6-2-7-15-27)28-16-8-3-9-17-28)38-26-39(36)42(31-18-10-4-11-19-31)32-20-12-5-13-21-32/h2-26,33-34H,1H3/t34-,36-/m0/s1. The molecule has 208 valence electrons. The monoisotopic (exact) mass is 572 g/mol. The summed E-state index contributed by atoms with van der Waals surface area (Å²) in [7, 11) is -1.15. The average Bonchev–Trinajstić information content (AvgIpc) is 3.39. The third-order valence-electron chi connectivity index (χ3n) is 7.64. The lowest BCUT2D eigenvalue weighted by molar-refractivity contribution is -0.151. The van der Waals surface area contributed by atoms with Crippen molar-refractivity contribution >= 4 is 31.0 Å². The van der Waals surface area contributed by atoms with Crippen molar-refractivity contribution < 1.29 is 13.9 Å². The summed E-state index contributed by atoms with van der Waals surface area (Å²) < 4.78 is 22.7. The van der Waals surface area contributed by atoms with Gasteiger partial charge in [-0.05, 0) is 35.7 Å². The Labute approximate surface area is 246 Å². The molecule has 1 heterocycles. The van der Waals surface area contributed by atoms with Crippen LogP contribution in [0.25, 0.3) is 0 Å². The highest BCUT2D eigenvalue weighted by Gasteiger charge is 2.52. The summed E-state index contributed by atoms with van der Waals surface area (Å²) in [6, 6.07) is 45.4. The largest absolute Gasteiger partial charge is 0.451 e. The molecule has 5 aromatic carbocycles. The van der Waals surface area contributed by atoms with Gasteiger partial charge in [0, 0.05) is 10.6 Å². The van der Waals surface area contributed by atoms with Crippen molar-refractivity contribution in [1.82, 2.24) is 4.67 Å². The molecule has 0 unspecified atom stereocenters. The first-order chi connectivity index (χ1) is 20.6. The van der Waals surface area contributed by atoms with Gasteiger partial charge in [0.2, 0.25) is 0 Å². The Morgan fingerprint density at radius 3 is 1.67 bits per heavy atom. The van der Waals surface area contributed by atoms with Crippen molar-refractivity contribution in [3.05, 3.63) is 168 Å². The molecule has 0 N–H and O–H groups in total. The minimum absolute atomic E-state index is 0.339. The highest BCUT2D eigenvalue weighted by atomic mass is 31.1. The van der Waals surface area contributed by atoms with Crippen LogP contribution >= 0.6 is 8.07 Å². The maximum atomic E-state index is 14.3. The molecule has 42 heavy (non-hydrogen) atoms. The third-order valence-corrected chi connectivity index (χ3v) is 10.2. The van der Waals surface area contributed by atoms with Crippen molar-refractivity contribution in [3.8, 4) is 0 Å². The van der Waals surface area contributed by atoms with E-state index in [2.05, 4.69) is 28.9 Å². The summed E-state index contributed by atoms with van der Waals surface area (Å²) in [6.07, 6.45) is 1.17. The van der Waals surface area contributed by atoms with E-state index in [0.717, 1.165) is 27.3 Å². The molecule has 0 fully saturated rings. The van der Waals surface area contributed by atoms with Crippen molar-refractivity contribution in [3.63, 3.8) is 0 Å². The van der Waals surface area contributed by atoms with E-state index in [9.17, 15) is 9.18 Å². The van der Waals surface area contributed by atoms with Gasteiger partial charge in [0.25, 0.3) is 0 Å². The van der Waals surface area contributed by atoms with Crippen LogP contribution in [0.3, 0.4) is 0 Å². The van der Waals surface area contributed by atoms with E-state index in [0.29, 0.717) is 0 Å². The van der Waals surface area contributed by atoms with Crippen LogP contribution in [0, 0.1) is 5.82 Å². The molecule has 2 atom stereocenters. The molecule has 0 bridgehead atoms.